The Morgan fingerprint density at radius 2 is 1.85 bits per heavy atom. The van der Waals surface area contributed by atoms with Crippen molar-refractivity contribution >= 4 is 31.9 Å². The molecule has 0 bridgehead atoms. The van der Waals surface area contributed by atoms with Crippen LogP contribution in [0.4, 0.5) is 8.78 Å². The molecule has 0 atom stereocenters. The molecule has 0 aliphatic heterocycles. The van der Waals surface area contributed by atoms with Gasteiger partial charge < -0.3 is 4.74 Å². The van der Waals surface area contributed by atoms with Crippen LogP contribution in [0.1, 0.15) is 5.56 Å². The maximum Gasteiger partial charge on any atom is 0.388 e. The molecule has 0 spiro atoms. The van der Waals surface area contributed by atoms with E-state index >= 15 is 0 Å². The molecule has 106 valence electrons. The van der Waals surface area contributed by atoms with Crippen LogP contribution in [-0.2, 0) is 6.54 Å². The summed E-state index contributed by atoms with van der Waals surface area (Å²) in [4.78, 5) is 12.0. The van der Waals surface area contributed by atoms with Crippen molar-refractivity contribution in [3.8, 4) is 5.88 Å². The Hall–Kier alpha value is -1.28. The zero-order valence-corrected chi connectivity index (χ0v) is 13.1. The van der Waals surface area contributed by atoms with Gasteiger partial charge in [0.05, 0.1) is 6.54 Å². The Morgan fingerprint density at radius 3 is 2.45 bits per heavy atom. The summed E-state index contributed by atoms with van der Waals surface area (Å²) in [6, 6.07) is 9.06. The normalized spacial score (nSPS) is 10.8. The predicted octanol–water partition coefficient (Wildman–Crippen LogP) is 3.42. The molecule has 1 aromatic heterocycles. The number of alkyl halides is 2. The highest BCUT2D eigenvalue weighted by Gasteiger charge is 2.17. The fourth-order valence-corrected chi connectivity index (χ4v) is 2.24. The minimum Gasteiger partial charge on any atom is -0.414 e. The summed E-state index contributed by atoms with van der Waals surface area (Å²) in [5, 5.41) is 3.79. The monoisotopic (exact) mass is 408 g/mol. The van der Waals surface area contributed by atoms with Crippen molar-refractivity contribution in [2.45, 2.75) is 13.2 Å². The second kappa shape index (κ2) is 6.45. The van der Waals surface area contributed by atoms with Crippen LogP contribution in [0.2, 0.25) is 0 Å². The van der Waals surface area contributed by atoms with Gasteiger partial charge in [-0.3, -0.25) is 4.79 Å². The standard InChI is InChI=1S/C12H8Br2F2N2O2/c13-8-9(14)11(19)18(17-10(8)20-12(15)16)6-7-4-2-1-3-5-7/h1-5,12H,6H2. The Kier molecular flexibility index (Phi) is 4.87. The average Bonchev–Trinajstić information content (AvgIpc) is 2.42. The summed E-state index contributed by atoms with van der Waals surface area (Å²) in [6.07, 6.45) is 0. The maximum atomic E-state index is 12.3. The van der Waals surface area contributed by atoms with Crippen LogP contribution in [0.25, 0.3) is 0 Å². The van der Waals surface area contributed by atoms with Crippen molar-refractivity contribution in [2.75, 3.05) is 0 Å². The molecule has 0 unspecified atom stereocenters. The lowest BCUT2D eigenvalue weighted by Gasteiger charge is -2.11. The van der Waals surface area contributed by atoms with Crippen molar-refractivity contribution in [1.82, 2.24) is 9.78 Å². The average molecular weight is 410 g/mol. The highest BCUT2D eigenvalue weighted by molar-refractivity contribution is 9.13. The second-order valence-corrected chi connectivity index (χ2v) is 5.35. The number of ether oxygens (including phenoxy) is 1. The predicted molar refractivity (Wildman–Crippen MR) is 76.1 cm³/mol. The number of nitrogens with zero attached hydrogens (tertiary/aromatic N) is 2. The fraction of sp³-hybridized carbons (Fsp3) is 0.167. The first-order valence-electron chi connectivity index (χ1n) is 5.44. The Labute approximate surface area is 129 Å². The molecular weight excluding hydrogens is 402 g/mol. The van der Waals surface area contributed by atoms with Crippen LogP contribution in [0.5, 0.6) is 5.88 Å². The van der Waals surface area contributed by atoms with Crippen LogP contribution in [0, 0.1) is 0 Å². The van der Waals surface area contributed by atoms with Gasteiger partial charge >= 0.3 is 6.61 Å². The second-order valence-electron chi connectivity index (χ2n) is 3.76. The van der Waals surface area contributed by atoms with Gasteiger partial charge in [-0.05, 0) is 37.4 Å². The van der Waals surface area contributed by atoms with E-state index in [2.05, 4.69) is 41.7 Å². The maximum absolute atomic E-state index is 12.3. The summed E-state index contributed by atoms with van der Waals surface area (Å²) in [6.45, 7) is -2.86. The molecule has 0 aliphatic rings. The first-order valence-corrected chi connectivity index (χ1v) is 7.02. The van der Waals surface area contributed by atoms with Crippen LogP contribution < -0.4 is 10.3 Å². The number of benzene rings is 1. The molecule has 0 aliphatic carbocycles. The van der Waals surface area contributed by atoms with E-state index < -0.39 is 12.2 Å². The van der Waals surface area contributed by atoms with E-state index in [1.54, 1.807) is 12.1 Å². The molecule has 4 nitrogen and oxygen atoms in total. The molecule has 20 heavy (non-hydrogen) atoms. The van der Waals surface area contributed by atoms with Gasteiger partial charge in [0, 0.05) is 0 Å². The molecule has 0 N–H and O–H groups in total. The number of rotatable bonds is 4. The zero-order valence-electron chi connectivity index (χ0n) is 9.89. The number of hydrogen-bond acceptors (Lipinski definition) is 3. The molecular formula is C12H8Br2F2N2O2. The summed E-state index contributed by atoms with van der Waals surface area (Å²) >= 11 is 6.04. The molecule has 0 radical (unpaired) electrons. The third kappa shape index (κ3) is 3.43. The quantitative estimate of drug-likeness (QED) is 0.777. The molecule has 2 rings (SSSR count). The van der Waals surface area contributed by atoms with Gasteiger partial charge in [-0.15, -0.1) is 5.10 Å². The molecule has 1 aromatic carbocycles. The smallest absolute Gasteiger partial charge is 0.388 e. The highest BCUT2D eigenvalue weighted by Crippen LogP contribution is 2.28. The lowest BCUT2D eigenvalue weighted by Crippen LogP contribution is -2.25. The number of aromatic nitrogens is 2. The van der Waals surface area contributed by atoms with Crippen molar-refractivity contribution in [3.63, 3.8) is 0 Å². The molecule has 0 amide bonds. The van der Waals surface area contributed by atoms with Crippen molar-refractivity contribution in [1.29, 1.82) is 0 Å². The highest BCUT2D eigenvalue weighted by atomic mass is 79.9. The van der Waals surface area contributed by atoms with Gasteiger partial charge in [-0.2, -0.15) is 8.78 Å². The first-order chi connectivity index (χ1) is 9.49. The Morgan fingerprint density at radius 1 is 1.20 bits per heavy atom. The molecule has 0 fully saturated rings. The Balaban J connectivity index is 2.43. The topological polar surface area (TPSA) is 44.1 Å². The van der Waals surface area contributed by atoms with Crippen LogP contribution in [0.15, 0.2) is 44.1 Å². The van der Waals surface area contributed by atoms with Gasteiger partial charge in [-0.25, -0.2) is 4.68 Å². The first kappa shape index (κ1) is 15.1. The molecule has 1 heterocycles. The Bertz CT molecular complexity index is 662. The third-order valence-corrected chi connectivity index (χ3v) is 4.39. The van der Waals surface area contributed by atoms with Crippen molar-refractivity contribution < 1.29 is 13.5 Å². The summed E-state index contributed by atoms with van der Waals surface area (Å²) < 4.78 is 30.1. The van der Waals surface area contributed by atoms with Crippen molar-refractivity contribution in [2.24, 2.45) is 0 Å². The van der Waals surface area contributed by atoms with Gasteiger partial charge in [0.25, 0.3) is 11.4 Å². The largest absolute Gasteiger partial charge is 0.414 e. The summed E-state index contributed by atoms with van der Waals surface area (Å²) in [5.41, 5.74) is 0.377. The lowest BCUT2D eigenvalue weighted by atomic mass is 10.2. The SMILES string of the molecule is O=c1c(Br)c(Br)c(OC(F)F)nn1Cc1ccccc1. The van der Waals surface area contributed by atoms with Gasteiger partial charge in [0.2, 0.25) is 0 Å². The van der Waals surface area contributed by atoms with E-state index in [0.29, 0.717) is 0 Å². The minimum atomic E-state index is -3.02. The van der Waals surface area contributed by atoms with Gasteiger partial charge in [0.1, 0.15) is 8.95 Å². The lowest BCUT2D eigenvalue weighted by molar-refractivity contribution is -0.0546. The molecule has 0 saturated heterocycles. The minimum absolute atomic E-state index is 0.0621. The van der Waals surface area contributed by atoms with E-state index in [4.69, 9.17) is 0 Å². The van der Waals surface area contributed by atoms with Gasteiger partial charge in [-0.1, -0.05) is 30.3 Å². The summed E-state index contributed by atoms with van der Waals surface area (Å²) in [5.74, 6) is -0.345. The van der Waals surface area contributed by atoms with E-state index in [-0.39, 0.29) is 21.4 Å². The van der Waals surface area contributed by atoms with Crippen LogP contribution in [-0.4, -0.2) is 16.4 Å². The third-order valence-electron chi connectivity index (χ3n) is 2.39. The molecule has 0 saturated carbocycles. The number of hydrogen-bond donors (Lipinski definition) is 0. The van der Waals surface area contributed by atoms with Gasteiger partial charge in [0.15, 0.2) is 0 Å². The molecule has 2 aromatic rings. The fourth-order valence-electron chi connectivity index (χ4n) is 1.52. The molecule has 8 heteroatoms. The number of halogens is 4. The van der Waals surface area contributed by atoms with E-state index in [9.17, 15) is 13.6 Å². The van der Waals surface area contributed by atoms with E-state index in [1.807, 2.05) is 18.2 Å². The summed E-state index contributed by atoms with van der Waals surface area (Å²) in [7, 11) is 0. The van der Waals surface area contributed by atoms with Crippen molar-refractivity contribution in [3.05, 3.63) is 55.2 Å². The van der Waals surface area contributed by atoms with Crippen LogP contribution >= 0.6 is 31.9 Å². The van der Waals surface area contributed by atoms with Crippen LogP contribution in [0.3, 0.4) is 0 Å². The zero-order chi connectivity index (χ0) is 14.7. The van der Waals surface area contributed by atoms with E-state index in [0.717, 1.165) is 10.2 Å². The van der Waals surface area contributed by atoms with E-state index in [1.165, 1.54) is 0 Å².